The zero-order valence-corrected chi connectivity index (χ0v) is 20.2. The van der Waals surface area contributed by atoms with Crippen LogP contribution in [-0.4, -0.2) is 31.6 Å². The van der Waals surface area contributed by atoms with Gasteiger partial charge in [-0.05, 0) is 61.5 Å². The number of rotatable bonds is 9. The summed E-state index contributed by atoms with van der Waals surface area (Å²) in [5, 5.41) is 15.5. The molecule has 0 atom stereocenters. The zero-order valence-electron chi connectivity index (χ0n) is 17.8. The molecule has 0 aliphatic rings. The Morgan fingerprint density at radius 3 is 2.53 bits per heavy atom. The first kappa shape index (κ1) is 24.7. The second kappa shape index (κ2) is 11.3. The number of carbonyl (C=O) groups is 1. The number of hydrogen-bond donors (Lipinski definition) is 3. The highest BCUT2D eigenvalue weighted by Crippen LogP contribution is 2.29. The van der Waals surface area contributed by atoms with Crippen LogP contribution in [0.2, 0.25) is 0 Å². The highest BCUT2D eigenvalue weighted by atomic mass is 79.9. The number of nitriles is 1. The Morgan fingerprint density at radius 1 is 1.15 bits per heavy atom. The minimum atomic E-state index is -3.93. The van der Waals surface area contributed by atoms with Crippen molar-refractivity contribution in [3.05, 3.63) is 71.3 Å². The van der Waals surface area contributed by atoms with Crippen LogP contribution in [0.4, 0.5) is 17.2 Å². The number of aromatic nitrogens is 1. The van der Waals surface area contributed by atoms with Gasteiger partial charge in [0.15, 0.2) is 0 Å². The average molecular weight is 543 g/mol. The van der Waals surface area contributed by atoms with E-state index in [0.29, 0.717) is 22.5 Å². The summed E-state index contributed by atoms with van der Waals surface area (Å²) in [7, 11) is -3.93. The lowest BCUT2D eigenvalue weighted by Gasteiger charge is -2.13. The third-order valence-corrected chi connectivity index (χ3v) is 6.05. The third-order valence-electron chi connectivity index (χ3n) is 4.16. The lowest BCUT2D eigenvalue weighted by Crippen LogP contribution is -2.23. The summed E-state index contributed by atoms with van der Waals surface area (Å²) < 4.78 is 34.3. The summed E-state index contributed by atoms with van der Waals surface area (Å²) >= 11 is 3.27. The maximum Gasteiger partial charge on any atom is 0.288 e. The van der Waals surface area contributed by atoms with E-state index in [2.05, 4.69) is 41.5 Å². The largest absolute Gasteiger partial charge is 0.492 e. The number of sulfonamides is 1. The van der Waals surface area contributed by atoms with Crippen molar-refractivity contribution in [1.29, 1.82) is 5.26 Å². The average Bonchev–Trinajstić information content (AvgIpc) is 2.82. The molecule has 0 spiro atoms. The fourth-order valence-corrected chi connectivity index (χ4v) is 4.39. The molecule has 174 valence electrons. The van der Waals surface area contributed by atoms with E-state index in [4.69, 9.17) is 4.74 Å². The first-order chi connectivity index (χ1) is 16.3. The van der Waals surface area contributed by atoms with E-state index in [0.717, 1.165) is 0 Å². The summed E-state index contributed by atoms with van der Waals surface area (Å²) in [5.74, 6) is -0.207. The molecule has 1 amide bonds. The Hall–Kier alpha value is -3.95. The molecule has 3 rings (SSSR count). The number of amides is 1. The van der Waals surface area contributed by atoms with Crippen LogP contribution in [-0.2, 0) is 14.8 Å². The monoisotopic (exact) mass is 542 g/mol. The highest BCUT2D eigenvalue weighted by molar-refractivity contribution is 9.10. The molecule has 3 aromatic rings. The number of benzene rings is 2. The molecule has 0 bridgehead atoms. The summed E-state index contributed by atoms with van der Waals surface area (Å²) in [4.78, 5) is 16.1. The summed E-state index contributed by atoms with van der Waals surface area (Å²) in [6.45, 7) is 2.08. The minimum Gasteiger partial charge on any atom is -0.492 e. The molecule has 0 saturated carbocycles. The molecule has 34 heavy (non-hydrogen) atoms. The quantitative estimate of drug-likeness (QED) is 0.273. The van der Waals surface area contributed by atoms with Crippen molar-refractivity contribution in [3.8, 4) is 11.8 Å². The summed E-state index contributed by atoms with van der Waals surface area (Å²) in [6.07, 6.45) is 1.50. The van der Waals surface area contributed by atoms with Gasteiger partial charge in [-0.1, -0.05) is 22.0 Å². The van der Waals surface area contributed by atoms with Crippen LogP contribution < -0.4 is 20.2 Å². The number of hydrazone groups is 1. The van der Waals surface area contributed by atoms with Crippen LogP contribution in [0.1, 0.15) is 6.92 Å². The number of hydrogen-bond acceptors (Lipinski definition) is 8. The van der Waals surface area contributed by atoms with Gasteiger partial charge >= 0.3 is 0 Å². The van der Waals surface area contributed by atoms with E-state index in [9.17, 15) is 18.5 Å². The topological polar surface area (TPSA) is 146 Å². The van der Waals surface area contributed by atoms with Crippen molar-refractivity contribution < 1.29 is 17.9 Å². The van der Waals surface area contributed by atoms with E-state index >= 15 is 0 Å². The molecule has 3 N–H and O–H groups in total. The van der Waals surface area contributed by atoms with E-state index < -0.39 is 21.6 Å². The van der Waals surface area contributed by atoms with Gasteiger partial charge in [0.2, 0.25) is 5.71 Å². The number of ether oxygens (including phenoxy) is 1. The maximum atomic E-state index is 12.9. The number of halogens is 1. The zero-order chi connectivity index (χ0) is 24.6. The van der Waals surface area contributed by atoms with E-state index in [-0.39, 0.29) is 16.5 Å². The molecule has 12 heteroatoms. The SMILES string of the molecule is CCOc1ccc(Br)cc1S(=O)(=O)Nc1ccc(N/N=C(\C#N)C(=O)Nc2ccccn2)cc1. The van der Waals surface area contributed by atoms with E-state index in [1.165, 1.54) is 36.5 Å². The van der Waals surface area contributed by atoms with Gasteiger partial charge in [-0.25, -0.2) is 13.4 Å². The predicted octanol–water partition coefficient (Wildman–Crippen LogP) is 3.97. The van der Waals surface area contributed by atoms with Gasteiger partial charge in [-0.15, -0.1) is 0 Å². The van der Waals surface area contributed by atoms with Crippen LogP contribution in [0.25, 0.3) is 0 Å². The van der Waals surface area contributed by atoms with Crippen molar-refractivity contribution in [2.75, 3.05) is 22.1 Å². The molecule has 2 aromatic carbocycles. The maximum absolute atomic E-state index is 12.9. The van der Waals surface area contributed by atoms with Crippen LogP contribution in [0, 0.1) is 11.3 Å². The van der Waals surface area contributed by atoms with Crippen molar-refractivity contribution >= 4 is 54.8 Å². The second-order valence-electron chi connectivity index (χ2n) is 6.56. The van der Waals surface area contributed by atoms with Gasteiger partial charge < -0.3 is 10.1 Å². The molecule has 10 nitrogen and oxygen atoms in total. The van der Waals surface area contributed by atoms with Crippen LogP contribution in [0.15, 0.2) is 81.3 Å². The van der Waals surface area contributed by atoms with Crippen molar-refractivity contribution in [2.45, 2.75) is 11.8 Å². The number of nitrogens with one attached hydrogen (secondary N) is 3. The molecule has 0 saturated heterocycles. The minimum absolute atomic E-state index is 0.00638. The van der Waals surface area contributed by atoms with E-state index in [1.807, 2.05) is 0 Å². The number of nitrogens with zero attached hydrogens (tertiary/aromatic N) is 3. The molecule has 0 radical (unpaired) electrons. The standard InChI is InChI=1S/C22H19BrN6O4S/c1-2-33-19-11-6-15(23)13-20(19)34(31,32)29-17-9-7-16(8-10-17)27-28-18(14-24)22(30)26-21-5-3-4-12-25-21/h3-13,27,29H,2H2,1H3,(H,25,26,30)/b28-18+. The molecule has 0 aliphatic heterocycles. The fourth-order valence-electron chi connectivity index (χ4n) is 2.65. The summed E-state index contributed by atoms with van der Waals surface area (Å²) in [6, 6.07) is 17.5. The van der Waals surface area contributed by atoms with E-state index in [1.54, 1.807) is 43.3 Å². The third kappa shape index (κ3) is 6.53. The lowest BCUT2D eigenvalue weighted by molar-refractivity contribution is -0.110. The highest BCUT2D eigenvalue weighted by Gasteiger charge is 2.20. The second-order valence-corrected chi connectivity index (χ2v) is 9.13. The van der Waals surface area contributed by atoms with Crippen molar-refractivity contribution in [2.24, 2.45) is 5.10 Å². The fraction of sp³-hybridized carbons (Fsp3) is 0.0909. The van der Waals surface area contributed by atoms with Gasteiger partial charge in [0.1, 0.15) is 22.5 Å². The molecule has 1 aromatic heterocycles. The van der Waals surface area contributed by atoms with Crippen molar-refractivity contribution in [3.63, 3.8) is 0 Å². The molecule has 1 heterocycles. The van der Waals surface area contributed by atoms with Crippen molar-refractivity contribution in [1.82, 2.24) is 4.98 Å². The molecular formula is C22H19BrN6O4S. The Labute approximate surface area is 204 Å². The van der Waals surface area contributed by atoms with Crippen LogP contribution in [0.5, 0.6) is 5.75 Å². The molecule has 0 fully saturated rings. The molecule has 0 unspecified atom stereocenters. The number of pyridine rings is 1. The van der Waals surface area contributed by atoms with Gasteiger partial charge in [-0.2, -0.15) is 10.4 Å². The van der Waals surface area contributed by atoms with Gasteiger partial charge in [0.25, 0.3) is 15.9 Å². The molecular weight excluding hydrogens is 524 g/mol. The number of anilines is 3. The van der Waals surface area contributed by atoms with Crippen LogP contribution >= 0.6 is 15.9 Å². The molecule has 0 aliphatic carbocycles. The van der Waals surface area contributed by atoms with Crippen LogP contribution in [0.3, 0.4) is 0 Å². The predicted molar refractivity (Wildman–Crippen MR) is 132 cm³/mol. The Balaban J connectivity index is 1.70. The normalized spacial score (nSPS) is 11.3. The van der Waals surface area contributed by atoms with Gasteiger partial charge in [0, 0.05) is 16.4 Å². The number of carbonyl (C=O) groups excluding carboxylic acids is 1. The smallest absolute Gasteiger partial charge is 0.288 e. The lowest BCUT2D eigenvalue weighted by atomic mass is 10.3. The van der Waals surface area contributed by atoms with Gasteiger partial charge in [0.05, 0.1) is 12.3 Å². The Morgan fingerprint density at radius 2 is 1.88 bits per heavy atom. The summed E-state index contributed by atoms with van der Waals surface area (Å²) in [5.41, 5.74) is 2.92. The Bertz CT molecular complexity index is 1340. The Kier molecular flexibility index (Phi) is 8.18. The first-order valence-electron chi connectivity index (χ1n) is 9.84. The first-order valence-corrected chi connectivity index (χ1v) is 12.1. The van der Waals surface area contributed by atoms with Gasteiger partial charge in [-0.3, -0.25) is 14.9 Å².